The Hall–Kier alpha value is -2.07. The van der Waals surface area contributed by atoms with Gasteiger partial charge in [-0.25, -0.2) is 0 Å². The first kappa shape index (κ1) is 16.3. The summed E-state index contributed by atoms with van der Waals surface area (Å²) in [7, 11) is 0. The van der Waals surface area contributed by atoms with Crippen LogP contribution in [0.25, 0.3) is 0 Å². The molecule has 0 aliphatic heterocycles. The fourth-order valence-electron chi connectivity index (χ4n) is 1.93. The van der Waals surface area contributed by atoms with Crippen LogP contribution in [-0.2, 0) is 4.79 Å². The fraction of sp³-hybridized carbons (Fsp3) is 0.222. The molecule has 0 fully saturated rings. The molecule has 2 aromatic carbocycles. The first-order valence-electron chi connectivity index (χ1n) is 7.11. The number of anilines is 1. The lowest BCUT2D eigenvalue weighted by Crippen LogP contribution is -2.22. The molecule has 22 heavy (non-hydrogen) atoms. The van der Waals surface area contributed by atoms with Gasteiger partial charge in [-0.1, -0.05) is 29.8 Å². The van der Waals surface area contributed by atoms with E-state index < -0.39 is 0 Å². The summed E-state index contributed by atoms with van der Waals surface area (Å²) < 4.78 is 0. The predicted octanol–water partition coefficient (Wildman–Crippen LogP) is 4.32. The minimum absolute atomic E-state index is 0.0156. The number of aryl methyl sites for hydroxylation is 1. The van der Waals surface area contributed by atoms with Gasteiger partial charge in [0.25, 0.3) is 0 Å². The van der Waals surface area contributed by atoms with E-state index in [1.165, 1.54) is 24.2 Å². The number of Topliss-reactive ketones (excluding diaryl/α,β-unsaturated/α-hetero) is 1. The highest BCUT2D eigenvalue weighted by Crippen LogP contribution is 2.24. The average Bonchev–Trinajstić information content (AvgIpc) is 2.49. The summed E-state index contributed by atoms with van der Waals surface area (Å²) in [5.74, 6) is -0.0931. The van der Waals surface area contributed by atoms with Gasteiger partial charge >= 0.3 is 0 Å². The Bertz CT molecular complexity index is 680. The molecule has 0 saturated heterocycles. The molecule has 1 amide bonds. The topological polar surface area (TPSA) is 46.2 Å². The number of ketones is 1. The summed E-state index contributed by atoms with van der Waals surface area (Å²) >= 11 is 1.51. The number of thioether (sulfide) groups is 1. The standard InChI is InChI=1S/C18H19NO2S/c1-12-7-9-17(10-8-12)22-14(3)18(21)19-16-6-4-5-15(11-16)13(2)20/h4-11,14H,1-3H3,(H,19,21). The van der Waals surface area contributed by atoms with E-state index >= 15 is 0 Å². The smallest absolute Gasteiger partial charge is 0.237 e. The van der Waals surface area contributed by atoms with Gasteiger partial charge in [0.2, 0.25) is 5.91 Å². The number of carbonyl (C=O) groups excluding carboxylic acids is 2. The Labute approximate surface area is 135 Å². The molecule has 1 atom stereocenters. The molecule has 0 aliphatic carbocycles. The maximum absolute atomic E-state index is 12.2. The predicted molar refractivity (Wildman–Crippen MR) is 91.6 cm³/mol. The Balaban J connectivity index is 2.00. The van der Waals surface area contributed by atoms with Gasteiger partial charge < -0.3 is 5.32 Å². The van der Waals surface area contributed by atoms with Crippen LogP contribution >= 0.6 is 11.8 Å². The maximum Gasteiger partial charge on any atom is 0.237 e. The van der Waals surface area contributed by atoms with E-state index in [1.807, 2.05) is 38.1 Å². The second kappa shape index (κ2) is 7.27. The molecule has 4 heteroatoms. The van der Waals surface area contributed by atoms with Crippen molar-refractivity contribution < 1.29 is 9.59 Å². The minimum atomic E-state index is -0.219. The summed E-state index contributed by atoms with van der Waals surface area (Å²) in [6.07, 6.45) is 0. The van der Waals surface area contributed by atoms with Crippen LogP contribution in [-0.4, -0.2) is 16.9 Å². The van der Waals surface area contributed by atoms with Gasteiger partial charge in [0.1, 0.15) is 0 Å². The maximum atomic E-state index is 12.2. The molecule has 0 radical (unpaired) electrons. The minimum Gasteiger partial charge on any atom is -0.325 e. The van der Waals surface area contributed by atoms with Gasteiger partial charge in [0.15, 0.2) is 5.78 Å². The summed E-state index contributed by atoms with van der Waals surface area (Å²) in [6.45, 7) is 5.41. The average molecular weight is 313 g/mol. The lowest BCUT2D eigenvalue weighted by atomic mass is 10.1. The van der Waals surface area contributed by atoms with E-state index in [1.54, 1.807) is 24.3 Å². The Morgan fingerprint density at radius 3 is 2.41 bits per heavy atom. The van der Waals surface area contributed by atoms with Crippen molar-refractivity contribution in [3.05, 3.63) is 59.7 Å². The number of carbonyl (C=O) groups is 2. The zero-order valence-electron chi connectivity index (χ0n) is 12.9. The van der Waals surface area contributed by atoms with Gasteiger partial charge in [-0.05, 0) is 45.0 Å². The molecule has 2 rings (SSSR count). The van der Waals surface area contributed by atoms with Crippen LogP contribution in [0.3, 0.4) is 0 Å². The number of hydrogen-bond acceptors (Lipinski definition) is 3. The number of amides is 1. The molecule has 2 aromatic rings. The van der Waals surface area contributed by atoms with Crippen molar-refractivity contribution in [2.24, 2.45) is 0 Å². The SMILES string of the molecule is CC(=O)c1cccc(NC(=O)C(C)Sc2ccc(C)cc2)c1. The molecule has 0 saturated carbocycles. The van der Waals surface area contributed by atoms with E-state index in [-0.39, 0.29) is 16.9 Å². The van der Waals surface area contributed by atoms with E-state index in [0.717, 1.165) is 4.90 Å². The van der Waals surface area contributed by atoms with Crippen molar-refractivity contribution in [2.75, 3.05) is 5.32 Å². The highest BCUT2D eigenvalue weighted by Gasteiger charge is 2.15. The molecule has 3 nitrogen and oxygen atoms in total. The zero-order valence-corrected chi connectivity index (χ0v) is 13.7. The summed E-state index contributed by atoms with van der Waals surface area (Å²) in [5.41, 5.74) is 2.44. The number of nitrogens with one attached hydrogen (secondary N) is 1. The van der Waals surface area contributed by atoms with Crippen LogP contribution in [0, 0.1) is 6.92 Å². The molecule has 1 N–H and O–H groups in total. The van der Waals surface area contributed by atoms with Gasteiger partial charge in [0, 0.05) is 16.1 Å². The molecule has 0 spiro atoms. The van der Waals surface area contributed by atoms with Crippen LogP contribution in [0.4, 0.5) is 5.69 Å². The van der Waals surface area contributed by atoms with Crippen molar-refractivity contribution in [2.45, 2.75) is 30.9 Å². The molecule has 0 aliphatic rings. The monoisotopic (exact) mass is 313 g/mol. The summed E-state index contributed by atoms with van der Waals surface area (Å²) in [6, 6.07) is 15.1. The summed E-state index contributed by atoms with van der Waals surface area (Å²) in [5, 5.41) is 2.64. The van der Waals surface area contributed by atoms with Crippen LogP contribution in [0.5, 0.6) is 0 Å². The van der Waals surface area contributed by atoms with Crippen LogP contribution in [0.1, 0.15) is 29.8 Å². The third-order valence-electron chi connectivity index (χ3n) is 3.24. The third kappa shape index (κ3) is 4.46. The molecular formula is C18H19NO2S. The molecule has 114 valence electrons. The second-order valence-electron chi connectivity index (χ2n) is 5.20. The molecular weight excluding hydrogens is 294 g/mol. The Morgan fingerprint density at radius 1 is 1.09 bits per heavy atom. The normalized spacial score (nSPS) is 11.8. The molecule has 0 heterocycles. The van der Waals surface area contributed by atoms with E-state index in [9.17, 15) is 9.59 Å². The van der Waals surface area contributed by atoms with Crippen molar-refractivity contribution in [3.63, 3.8) is 0 Å². The van der Waals surface area contributed by atoms with Crippen molar-refractivity contribution in [1.82, 2.24) is 0 Å². The quantitative estimate of drug-likeness (QED) is 0.660. The second-order valence-corrected chi connectivity index (χ2v) is 6.61. The van der Waals surface area contributed by atoms with Crippen molar-refractivity contribution in [1.29, 1.82) is 0 Å². The van der Waals surface area contributed by atoms with Gasteiger partial charge in [-0.2, -0.15) is 0 Å². The van der Waals surface area contributed by atoms with Crippen LogP contribution in [0.2, 0.25) is 0 Å². The summed E-state index contributed by atoms with van der Waals surface area (Å²) in [4.78, 5) is 24.7. The Kier molecular flexibility index (Phi) is 5.39. The molecule has 1 unspecified atom stereocenters. The van der Waals surface area contributed by atoms with Gasteiger partial charge in [0.05, 0.1) is 5.25 Å². The fourth-order valence-corrected chi connectivity index (χ4v) is 2.80. The van der Waals surface area contributed by atoms with Crippen molar-refractivity contribution in [3.8, 4) is 0 Å². The number of benzene rings is 2. The lowest BCUT2D eigenvalue weighted by Gasteiger charge is -2.12. The van der Waals surface area contributed by atoms with Gasteiger partial charge in [-0.3, -0.25) is 9.59 Å². The number of rotatable bonds is 5. The zero-order chi connectivity index (χ0) is 16.1. The van der Waals surface area contributed by atoms with Crippen molar-refractivity contribution >= 4 is 29.1 Å². The largest absolute Gasteiger partial charge is 0.325 e. The van der Waals surface area contributed by atoms with Crippen LogP contribution in [0.15, 0.2) is 53.4 Å². The van der Waals surface area contributed by atoms with E-state index in [2.05, 4.69) is 5.32 Å². The van der Waals surface area contributed by atoms with Gasteiger partial charge in [-0.15, -0.1) is 11.8 Å². The highest BCUT2D eigenvalue weighted by atomic mass is 32.2. The third-order valence-corrected chi connectivity index (χ3v) is 4.35. The molecule has 0 aromatic heterocycles. The lowest BCUT2D eigenvalue weighted by molar-refractivity contribution is -0.115. The Morgan fingerprint density at radius 2 is 1.77 bits per heavy atom. The first-order valence-corrected chi connectivity index (χ1v) is 7.99. The van der Waals surface area contributed by atoms with Crippen LogP contribution < -0.4 is 5.32 Å². The first-order chi connectivity index (χ1) is 10.5. The van der Waals surface area contributed by atoms with E-state index in [4.69, 9.17) is 0 Å². The van der Waals surface area contributed by atoms with E-state index in [0.29, 0.717) is 11.3 Å². The number of hydrogen-bond donors (Lipinski definition) is 1. The molecule has 0 bridgehead atoms. The highest BCUT2D eigenvalue weighted by molar-refractivity contribution is 8.00.